The monoisotopic (exact) mass is 410 g/mol. The zero-order valence-corrected chi connectivity index (χ0v) is 15.7. The molecule has 2 aromatic carbocycles. The number of aryl methyl sites for hydroxylation is 1. The third-order valence-corrected chi connectivity index (χ3v) is 4.27. The molecule has 3 N–H and O–H groups in total. The predicted octanol–water partition coefficient (Wildman–Crippen LogP) is 2.01. The molecule has 1 heterocycles. The van der Waals surface area contributed by atoms with E-state index in [4.69, 9.17) is 4.74 Å². The summed E-state index contributed by atoms with van der Waals surface area (Å²) < 4.78 is 4.90. The Balaban J connectivity index is 1.41. The standard InChI is InChI=1S/C20H18N4O6/c25-18(22-23-20(27)13-4-3-5-15(10-13)24(28)29)12-30-19(26)9-8-14-11-21-17-7-2-1-6-16(14)17/h1-7,10-11,21H,8-9,12H2,(H,22,25)(H,23,27). The number of nitro benzene ring substituents is 1. The number of nitro groups is 1. The molecule has 0 fully saturated rings. The molecule has 3 aromatic rings. The lowest BCUT2D eigenvalue weighted by atomic mass is 10.1. The SMILES string of the molecule is O=C(COC(=O)CCc1c[nH]c2ccccc12)NNC(=O)c1cccc([N+](=O)[O-])c1. The maximum atomic E-state index is 11.9. The van der Waals surface area contributed by atoms with Crippen LogP contribution in [0.25, 0.3) is 10.9 Å². The first kappa shape index (κ1) is 20.5. The van der Waals surface area contributed by atoms with Crippen molar-refractivity contribution in [3.8, 4) is 0 Å². The van der Waals surface area contributed by atoms with Crippen molar-refractivity contribution >= 4 is 34.4 Å². The van der Waals surface area contributed by atoms with Crippen molar-refractivity contribution in [3.63, 3.8) is 0 Å². The number of benzene rings is 2. The quantitative estimate of drug-likeness (QED) is 0.309. The fraction of sp³-hybridized carbons (Fsp3) is 0.150. The molecular weight excluding hydrogens is 392 g/mol. The average Bonchev–Trinajstić information content (AvgIpc) is 3.17. The van der Waals surface area contributed by atoms with Gasteiger partial charge in [-0.2, -0.15) is 0 Å². The van der Waals surface area contributed by atoms with E-state index >= 15 is 0 Å². The van der Waals surface area contributed by atoms with Crippen molar-refractivity contribution in [2.24, 2.45) is 0 Å². The minimum atomic E-state index is -0.741. The van der Waals surface area contributed by atoms with E-state index in [2.05, 4.69) is 15.8 Å². The summed E-state index contributed by atoms with van der Waals surface area (Å²) in [6, 6.07) is 12.7. The summed E-state index contributed by atoms with van der Waals surface area (Å²) in [5.41, 5.74) is 5.88. The van der Waals surface area contributed by atoms with Crippen LogP contribution in [-0.4, -0.2) is 34.3 Å². The highest BCUT2D eigenvalue weighted by Gasteiger charge is 2.13. The Kier molecular flexibility index (Phi) is 6.38. The van der Waals surface area contributed by atoms with Gasteiger partial charge in [-0.25, -0.2) is 0 Å². The van der Waals surface area contributed by atoms with E-state index in [0.29, 0.717) is 6.42 Å². The van der Waals surface area contributed by atoms with Gasteiger partial charge in [0.1, 0.15) is 0 Å². The molecule has 30 heavy (non-hydrogen) atoms. The fourth-order valence-electron chi connectivity index (χ4n) is 2.79. The Morgan fingerprint density at radius 2 is 1.87 bits per heavy atom. The van der Waals surface area contributed by atoms with Crippen LogP contribution in [0, 0.1) is 10.1 Å². The third-order valence-electron chi connectivity index (χ3n) is 4.27. The first-order chi connectivity index (χ1) is 14.4. The number of hydrogen-bond acceptors (Lipinski definition) is 6. The number of rotatable bonds is 7. The molecule has 3 rings (SSSR count). The number of carbonyl (C=O) groups is 3. The van der Waals surface area contributed by atoms with Crippen LogP contribution < -0.4 is 10.9 Å². The second kappa shape index (κ2) is 9.32. The normalized spacial score (nSPS) is 10.4. The molecule has 0 aliphatic rings. The van der Waals surface area contributed by atoms with Crippen LogP contribution in [0.3, 0.4) is 0 Å². The maximum Gasteiger partial charge on any atom is 0.306 e. The zero-order chi connectivity index (χ0) is 21.5. The number of esters is 1. The van der Waals surface area contributed by atoms with Crippen molar-refractivity contribution in [3.05, 3.63) is 76.0 Å². The van der Waals surface area contributed by atoms with E-state index in [-0.39, 0.29) is 17.7 Å². The first-order valence-corrected chi connectivity index (χ1v) is 8.98. The highest BCUT2D eigenvalue weighted by Crippen LogP contribution is 2.19. The molecule has 10 nitrogen and oxygen atoms in total. The lowest BCUT2D eigenvalue weighted by Gasteiger charge is -2.08. The van der Waals surface area contributed by atoms with Crippen molar-refractivity contribution < 1.29 is 24.0 Å². The Morgan fingerprint density at radius 1 is 1.07 bits per heavy atom. The van der Waals surface area contributed by atoms with Crippen LogP contribution in [0.4, 0.5) is 5.69 Å². The summed E-state index contributed by atoms with van der Waals surface area (Å²) in [4.78, 5) is 48.8. The van der Waals surface area contributed by atoms with Gasteiger partial charge in [-0.1, -0.05) is 24.3 Å². The third kappa shape index (κ3) is 5.19. The second-order valence-electron chi connectivity index (χ2n) is 6.33. The van der Waals surface area contributed by atoms with Crippen LogP contribution in [0.2, 0.25) is 0 Å². The van der Waals surface area contributed by atoms with E-state index in [1.54, 1.807) is 0 Å². The van der Waals surface area contributed by atoms with Crippen LogP contribution in [0.5, 0.6) is 0 Å². The van der Waals surface area contributed by atoms with E-state index in [0.717, 1.165) is 22.5 Å². The molecule has 0 aliphatic heterocycles. The van der Waals surface area contributed by atoms with Crippen LogP contribution >= 0.6 is 0 Å². The number of fused-ring (bicyclic) bond motifs is 1. The van der Waals surface area contributed by atoms with Crippen molar-refractivity contribution in [1.29, 1.82) is 0 Å². The number of carbonyl (C=O) groups excluding carboxylic acids is 3. The molecule has 0 radical (unpaired) electrons. The minimum absolute atomic E-state index is 0.000207. The fourth-order valence-corrected chi connectivity index (χ4v) is 2.79. The van der Waals surface area contributed by atoms with Gasteiger partial charge in [-0.15, -0.1) is 0 Å². The maximum absolute atomic E-state index is 11.9. The molecule has 0 spiro atoms. The average molecular weight is 410 g/mol. The summed E-state index contributed by atoms with van der Waals surface area (Å²) >= 11 is 0. The highest BCUT2D eigenvalue weighted by atomic mass is 16.6. The molecule has 154 valence electrons. The lowest BCUT2D eigenvalue weighted by molar-refractivity contribution is -0.384. The van der Waals surface area contributed by atoms with Crippen molar-refractivity contribution in [2.45, 2.75) is 12.8 Å². The van der Waals surface area contributed by atoms with Gasteiger partial charge in [-0.3, -0.25) is 35.3 Å². The summed E-state index contributed by atoms with van der Waals surface area (Å²) in [5, 5.41) is 11.8. The number of hydrogen-bond donors (Lipinski definition) is 3. The lowest BCUT2D eigenvalue weighted by Crippen LogP contribution is -2.43. The molecule has 0 saturated carbocycles. The highest BCUT2D eigenvalue weighted by molar-refractivity contribution is 5.96. The van der Waals surface area contributed by atoms with Crippen LogP contribution in [-0.2, 0) is 20.7 Å². The molecule has 0 bridgehead atoms. The van der Waals surface area contributed by atoms with Gasteiger partial charge in [-0.05, 0) is 24.1 Å². The number of H-pyrrole nitrogens is 1. The van der Waals surface area contributed by atoms with Gasteiger partial charge in [0.25, 0.3) is 17.5 Å². The molecular formula is C20H18N4O6. The summed E-state index contributed by atoms with van der Waals surface area (Å²) in [5.74, 6) is -2.03. The minimum Gasteiger partial charge on any atom is -0.455 e. The number of aromatic amines is 1. The Hall–Kier alpha value is -4.21. The van der Waals surface area contributed by atoms with Gasteiger partial charge in [0.2, 0.25) is 0 Å². The molecule has 0 unspecified atom stereocenters. The largest absolute Gasteiger partial charge is 0.455 e. The molecule has 2 amide bonds. The summed E-state index contributed by atoms with van der Waals surface area (Å²) in [6.07, 6.45) is 2.37. The topological polar surface area (TPSA) is 143 Å². The Morgan fingerprint density at radius 3 is 2.67 bits per heavy atom. The molecule has 0 aliphatic carbocycles. The molecule has 0 saturated heterocycles. The number of ether oxygens (including phenoxy) is 1. The number of non-ortho nitro benzene ring substituents is 1. The predicted molar refractivity (Wildman–Crippen MR) is 106 cm³/mol. The molecule has 1 aromatic heterocycles. The van der Waals surface area contributed by atoms with Gasteiger partial charge in [0.15, 0.2) is 6.61 Å². The summed E-state index contributed by atoms with van der Waals surface area (Å²) in [7, 11) is 0. The number of hydrazine groups is 1. The van der Waals surface area contributed by atoms with Crippen LogP contribution in [0.15, 0.2) is 54.7 Å². The van der Waals surface area contributed by atoms with Gasteiger partial charge in [0, 0.05) is 41.2 Å². The zero-order valence-electron chi connectivity index (χ0n) is 15.7. The van der Waals surface area contributed by atoms with E-state index in [1.165, 1.54) is 18.2 Å². The molecule has 10 heteroatoms. The number of amides is 2. The number of para-hydroxylation sites is 1. The van der Waals surface area contributed by atoms with Crippen LogP contribution in [0.1, 0.15) is 22.3 Å². The van der Waals surface area contributed by atoms with E-state index in [9.17, 15) is 24.5 Å². The van der Waals surface area contributed by atoms with Gasteiger partial charge >= 0.3 is 5.97 Å². The number of nitrogens with zero attached hydrogens (tertiary/aromatic N) is 1. The second-order valence-corrected chi connectivity index (χ2v) is 6.33. The van der Waals surface area contributed by atoms with E-state index < -0.39 is 29.3 Å². The number of aromatic nitrogens is 1. The van der Waals surface area contributed by atoms with Crippen molar-refractivity contribution in [2.75, 3.05) is 6.61 Å². The summed E-state index contributed by atoms with van der Waals surface area (Å²) in [6.45, 7) is -0.568. The van der Waals surface area contributed by atoms with Crippen molar-refractivity contribution in [1.82, 2.24) is 15.8 Å². The Labute approximate surface area is 170 Å². The first-order valence-electron chi connectivity index (χ1n) is 8.98. The Bertz CT molecular complexity index is 1110. The smallest absolute Gasteiger partial charge is 0.306 e. The number of nitrogens with one attached hydrogen (secondary N) is 3. The van der Waals surface area contributed by atoms with E-state index in [1.807, 2.05) is 30.5 Å². The molecule has 0 atom stereocenters. The van der Waals surface area contributed by atoms with Gasteiger partial charge in [0.05, 0.1) is 4.92 Å². The van der Waals surface area contributed by atoms with Gasteiger partial charge < -0.3 is 9.72 Å².